The molecule has 0 aromatic heterocycles. The number of anilines is 2. The molecular formula is C28H35N3O3. The number of carbonyl (C=O) groups is 3. The maximum absolute atomic E-state index is 13.7. The number of hydrogen-bond acceptors (Lipinski definition) is 3. The van der Waals surface area contributed by atoms with Gasteiger partial charge in [-0.1, -0.05) is 68.5 Å². The van der Waals surface area contributed by atoms with Crippen molar-refractivity contribution in [3.05, 3.63) is 58.7 Å². The van der Waals surface area contributed by atoms with Crippen molar-refractivity contribution < 1.29 is 14.4 Å². The first kappa shape index (κ1) is 24.0. The maximum atomic E-state index is 13.7. The van der Waals surface area contributed by atoms with Crippen molar-refractivity contribution in [3.8, 4) is 0 Å². The normalized spacial score (nSPS) is 17.5. The van der Waals surface area contributed by atoms with Gasteiger partial charge in [-0.3, -0.25) is 19.4 Å². The zero-order valence-electron chi connectivity index (χ0n) is 20.7. The first-order valence-electron chi connectivity index (χ1n) is 12.5. The molecule has 2 aromatic rings. The second kappa shape index (κ2) is 9.61. The van der Waals surface area contributed by atoms with Gasteiger partial charge in [-0.2, -0.15) is 0 Å². The lowest BCUT2D eigenvalue weighted by atomic mass is 9.80. The minimum absolute atomic E-state index is 0.247. The van der Waals surface area contributed by atoms with Crippen LogP contribution >= 0.6 is 0 Å². The Morgan fingerprint density at radius 3 is 2.06 bits per heavy atom. The lowest BCUT2D eigenvalue weighted by Gasteiger charge is -2.38. The van der Waals surface area contributed by atoms with E-state index in [1.54, 1.807) is 4.90 Å². The van der Waals surface area contributed by atoms with Gasteiger partial charge >= 0.3 is 6.03 Å². The second-order valence-corrected chi connectivity index (χ2v) is 9.65. The summed E-state index contributed by atoms with van der Waals surface area (Å²) in [6, 6.07) is 11.5. The van der Waals surface area contributed by atoms with Crippen LogP contribution in [0.5, 0.6) is 0 Å². The molecule has 0 bridgehead atoms. The summed E-state index contributed by atoms with van der Waals surface area (Å²) in [6.07, 6.45) is 5.67. The zero-order chi connectivity index (χ0) is 24.5. The van der Waals surface area contributed by atoms with E-state index in [0.717, 1.165) is 64.9 Å². The highest BCUT2D eigenvalue weighted by molar-refractivity contribution is 6.18. The summed E-state index contributed by atoms with van der Waals surface area (Å²) in [5.74, 6) is -0.588. The number of benzene rings is 2. The maximum Gasteiger partial charge on any atom is 0.332 e. The Hall–Kier alpha value is -3.15. The van der Waals surface area contributed by atoms with Crippen LogP contribution in [0.3, 0.4) is 0 Å². The Balaban J connectivity index is 1.62. The molecule has 0 atom stereocenters. The Bertz CT molecular complexity index is 1080. The van der Waals surface area contributed by atoms with Crippen molar-refractivity contribution in [1.29, 1.82) is 0 Å². The van der Waals surface area contributed by atoms with Crippen LogP contribution in [-0.2, 0) is 22.4 Å². The van der Waals surface area contributed by atoms with Crippen LogP contribution in [0, 0.1) is 13.8 Å². The first-order chi connectivity index (χ1) is 16.3. The number of carbonyl (C=O) groups excluding carboxylic acids is 3. The molecule has 1 saturated heterocycles. The number of urea groups is 1. The van der Waals surface area contributed by atoms with Crippen molar-refractivity contribution in [2.45, 2.75) is 78.2 Å². The number of hydrogen-bond donors (Lipinski definition) is 1. The van der Waals surface area contributed by atoms with Gasteiger partial charge in [0.05, 0.1) is 0 Å². The molecule has 6 nitrogen and oxygen atoms in total. The van der Waals surface area contributed by atoms with Gasteiger partial charge in [0.15, 0.2) is 0 Å². The molecule has 1 aliphatic heterocycles. The third-order valence-electron chi connectivity index (χ3n) is 7.24. The standard InChI is InChI=1S/C28H35N3O3/c1-5-21-16-20(4)17-22(6-2)25(21)29-24(32)18-30-26(33)28(14-8-7-9-15-28)31(27(30)34)23-12-10-19(3)11-13-23/h10-13,16-17H,5-9,14-15,18H2,1-4H3,(H,29,32). The predicted octanol–water partition coefficient (Wildman–Crippen LogP) is 5.54. The van der Waals surface area contributed by atoms with Gasteiger partial charge in [-0.05, 0) is 62.8 Å². The molecule has 1 saturated carbocycles. The van der Waals surface area contributed by atoms with E-state index in [4.69, 9.17) is 0 Å². The van der Waals surface area contributed by atoms with Crippen LogP contribution < -0.4 is 10.2 Å². The molecule has 1 spiro atoms. The van der Waals surface area contributed by atoms with Gasteiger partial charge < -0.3 is 5.32 Å². The molecule has 4 amide bonds. The van der Waals surface area contributed by atoms with Crippen molar-refractivity contribution in [2.24, 2.45) is 0 Å². The lowest BCUT2D eigenvalue weighted by Crippen LogP contribution is -2.51. The van der Waals surface area contributed by atoms with Gasteiger partial charge in [-0.25, -0.2) is 4.79 Å². The molecular weight excluding hydrogens is 426 g/mol. The topological polar surface area (TPSA) is 69.7 Å². The van der Waals surface area contributed by atoms with E-state index in [9.17, 15) is 14.4 Å². The van der Waals surface area contributed by atoms with E-state index in [1.165, 1.54) is 0 Å². The molecule has 1 N–H and O–H groups in total. The van der Waals surface area contributed by atoms with E-state index in [2.05, 4.69) is 38.2 Å². The molecule has 0 radical (unpaired) electrons. The third-order valence-corrected chi connectivity index (χ3v) is 7.24. The molecule has 1 aliphatic carbocycles. The van der Waals surface area contributed by atoms with Crippen LogP contribution in [0.4, 0.5) is 16.2 Å². The van der Waals surface area contributed by atoms with Gasteiger partial charge in [0.25, 0.3) is 5.91 Å². The Morgan fingerprint density at radius 2 is 1.50 bits per heavy atom. The highest BCUT2D eigenvalue weighted by Gasteiger charge is 2.58. The van der Waals surface area contributed by atoms with Gasteiger partial charge in [0.2, 0.25) is 5.91 Å². The first-order valence-corrected chi connectivity index (χ1v) is 12.5. The van der Waals surface area contributed by atoms with Gasteiger partial charge in [0.1, 0.15) is 12.1 Å². The Kier molecular flexibility index (Phi) is 6.78. The largest absolute Gasteiger partial charge is 0.332 e. The van der Waals surface area contributed by atoms with Crippen LogP contribution in [0.25, 0.3) is 0 Å². The summed E-state index contributed by atoms with van der Waals surface area (Å²) in [5, 5.41) is 3.03. The van der Waals surface area contributed by atoms with Gasteiger partial charge in [0, 0.05) is 11.4 Å². The smallest absolute Gasteiger partial charge is 0.324 e. The molecule has 6 heteroatoms. The molecule has 0 unspecified atom stereocenters. The monoisotopic (exact) mass is 461 g/mol. The molecule has 4 rings (SSSR count). The summed E-state index contributed by atoms with van der Waals surface area (Å²) in [6.45, 7) is 7.89. The second-order valence-electron chi connectivity index (χ2n) is 9.65. The minimum atomic E-state index is -0.891. The number of rotatable bonds is 6. The zero-order valence-corrected chi connectivity index (χ0v) is 20.7. The number of aryl methyl sites for hydroxylation is 4. The van der Waals surface area contributed by atoms with E-state index >= 15 is 0 Å². The number of nitrogens with zero attached hydrogens (tertiary/aromatic N) is 2. The van der Waals surface area contributed by atoms with Crippen LogP contribution in [0.15, 0.2) is 36.4 Å². The van der Waals surface area contributed by atoms with E-state index in [-0.39, 0.29) is 18.4 Å². The summed E-state index contributed by atoms with van der Waals surface area (Å²) in [5.41, 5.74) is 5.01. The van der Waals surface area contributed by atoms with Crippen LogP contribution in [0.1, 0.15) is 68.2 Å². The number of nitrogens with one attached hydrogen (secondary N) is 1. The third kappa shape index (κ3) is 4.22. The fraction of sp³-hybridized carbons (Fsp3) is 0.464. The Labute approximate surface area is 202 Å². The summed E-state index contributed by atoms with van der Waals surface area (Å²) >= 11 is 0. The Morgan fingerprint density at radius 1 is 0.912 bits per heavy atom. The lowest BCUT2D eigenvalue weighted by molar-refractivity contribution is -0.134. The fourth-order valence-corrected chi connectivity index (χ4v) is 5.49. The highest BCUT2D eigenvalue weighted by Crippen LogP contribution is 2.43. The average molecular weight is 462 g/mol. The average Bonchev–Trinajstić information content (AvgIpc) is 3.02. The number of imide groups is 1. The molecule has 2 fully saturated rings. The molecule has 1 heterocycles. The quantitative estimate of drug-likeness (QED) is 0.575. The fourth-order valence-electron chi connectivity index (χ4n) is 5.49. The van der Waals surface area contributed by atoms with Crippen molar-refractivity contribution in [3.63, 3.8) is 0 Å². The predicted molar refractivity (Wildman–Crippen MR) is 135 cm³/mol. The minimum Gasteiger partial charge on any atom is -0.324 e. The summed E-state index contributed by atoms with van der Waals surface area (Å²) in [4.78, 5) is 43.3. The van der Waals surface area contributed by atoms with Crippen molar-refractivity contribution in [1.82, 2.24) is 4.90 Å². The number of amides is 4. The summed E-state index contributed by atoms with van der Waals surface area (Å²) in [7, 11) is 0. The highest BCUT2D eigenvalue weighted by atomic mass is 16.2. The van der Waals surface area contributed by atoms with E-state index in [1.807, 2.05) is 31.2 Å². The molecule has 180 valence electrons. The molecule has 2 aliphatic rings. The van der Waals surface area contributed by atoms with E-state index < -0.39 is 11.6 Å². The van der Waals surface area contributed by atoms with Crippen LogP contribution in [-0.4, -0.2) is 34.8 Å². The molecule has 34 heavy (non-hydrogen) atoms. The SMILES string of the molecule is CCc1cc(C)cc(CC)c1NC(=O)CN1C(=O)N(c2ccc(C)cc2)C2(CCCCC2)C1=O. The van der Waals surface area contributed by atoms with Crippen molar-refractivity contribution >= 4 is 29.2 Å². The molecule has 2 aromatic carbocycles. The van der Waals surface area contributed by atoms with Gasteiger partial charge in [-0.15, -0.1) is 0 Å². The van der Waals surface area contributed by atoms with E-state index in [0.29, 0.717) is 18.5 Å². The van der Waals surface area contributed by atoms with Crippen molar-refractivity contribution in [2.75, 3.05) is 16.8 Å². The van der Waals surface area contributed by atoms with Crippen LogP contribution in [0.2, 0.25) is 0 Å². The summed E-state index contributed by atoms with van der Waals surface area (Å²) < 4.78 is 0.